The standard InChI is InChI=1S/C15H16BrNO2S/c16-11-14(13-7-3-1-4-8-13)12-17-20(18,19)15-9-5-2-6-10-15/h1-10,14,17H,11-12H2. The van der Waals surface area contributed by atoms with Crippen LogP contribution >= 0.6 is 15.9 Å². The Bertz CT molecular complexity index is 629. The molecule has 0 saturated heterocycles. The minimum atomic E-state index is -3.44. The van der Waals surface area contributed by atoms with Crippen molar-refractivity contribution >= 4 is 26.0 Å². The van der Waals surface area contributed by atoms with Crippen molar-refractivity contribution in [3.8, 4) is 0 Å². The van der Waals surface area contributed by atoms with E-state index in [1.165, 1.54) is 0 Å². The topological polar surface area (TPSA) is 46.2 Å². The predicted octanol–water partition coefficient (Wildman–Crippen LogP) is 3.14. The third-order valence-corrected chi connectivity index (χ3v) is 5.25. The Hall–Kier alpha value is -1.17. The second-order valence-corrected chi connectivity index (χ2v) is 6.84. The zero-order valence-corrected chi connectivity index (χ0v) is 13.3. The van der Waals surface area contributed by atoms with Crippen LogP contribution in [0.15, 0.2) is 65.6 Å². The molecule has 0 amide bonds. The molecule has 0 spiro atoms. The first-order valence-electron chi connectivity index (χ1n) is 6.29. The maximum absolute atomic E-state index is 12.2. The molecule has 1 N–H and O–H groups in total. The average Bonchev–Trinajstić information content (AvgIpc) is 2.50. The largest absolute Gasteiger partial charge is 0.240 e. The Labute approximate surface area is 128 Å². The van der Waals surface area contributed by atoms with Gasteiger partial charge >= 0.3 is 0 Å². The molecule has 0 radical (unpaired) electrons. The van der Waals surface area contributed by atoms with Crippen molar-refractivity contribution in [3.63, 3.8) is 0 Å². The molecule has 3 nitrogen and oxygen atoms in total. The Morgan fingerprint density at radius 2 is 1.50 bits per heavy atom. The molecular weight excluding hydrogens is 338 g/mol. The number of alkyl halides is 1. The molecule has 0 aliphatic heterocycles. The van der Waals surface area contributed by atoms with Gasteiger partial charge in [-0.05, 0) is 17.7 Å². The second-order valence-electron chi connectivity index (χ2n) is 4.43. The normalized spacial score (nSPS) is 13.1. The van der Waals surface area contributed by atoms with Crippen molar-refractivity contribution in [3.05, 3.63) is 66.2 Å². The van der Waals surface area contributed by atoms with Crippen LogP contribution in [0, 0.1) is 0 Å². The maximum atomic E-state index is 12.2. The van der Waals surface area contributed by atoms with E-state index in [2.05, 4.69) is 20.7 Å². The van der Waals surface area contributed by atoms with Crippen molar-refractivity contribution in [2.45, 2.75) is 10.8 Å². The number of hydrogen-bond acceptors (Lipinski definition) is 2. The van der Waals surface area contributed by atoms with Gasteiger partial charge in [0.25, 0.3) is 0 Å². The van der Waals surface area contributed by atoms with E-state index in [1.54, 1.807) is 30.3 Å². The molecule has 0 heterocycles. The summed E-state index contributed by atoms with van der Waals surface area (Å²) in [7, 11) is -3.44. The van der Waals surface area contributed by atoms with Gasteiger partial charge in [-0.2, -0.15) is 0 Å². The monoisotopic (exact) mass is 353 g/mol. The SMILES string of the molecule is O=S(=O)(NCC(CBr)c1ccccc1)c1ccccc1. The Kier molecular flexibility index (Phi) is 5.34. The highest BCUT2D eigenvalue weighted by Crippen LogP contribution is 2.18. The number of benzene rings is 2. The van der Waals surface area contributed by atoms with Gasteiger partial charge in [-0.15, -0.1) is 0 Å². The van der Waals surface area contributed by atoms with Gasteiger partial charge in [0, 0.05) is 17.8 Å². The second kappa shape index (κ2) is 7.02. The molecule has 0 saturated carbocycles. The molecule has 2 aromatic carbocycles. The van der Waals surface area contributed by atoms with Gasteiger partial charge in [-0.1, -0.05) is 64.5 Å². The zero-order chi connectivity index (χ0) is 14.4. The maximum Gasteiger partial charge on any atom is 0.240 e. The van der Waals surface area contributed by atoms with Crippen LogP contribution in [0.1, 0.15) is 11.5 Å². The van der Waals surface area contributed by atoms with Crippen LogP contribution in [0.25, 0.3) is 0 Å². The number of nitrogens with one attached hydrogen (secondary N) is 1. The molecular formula is C15H16BrNO2S. The molecule has 106 valence electrons. The summed E-state index contributed by atoms with van der Waals surface area (Å²) in [6, 6.07) is 18.3. The highest BCUT2D eigenvalue weighted by atomic mass is 79.9. The smallest absolute Gasteiger partial charge is 0.211 e. The molecule has 20 heavy (non-hydrogen) atoms. The first-order valence-corrected chi connectivity index (χ1v) is 8.89. The molecule has 2 aromatic rings. The summed E-state index contributed by atoms with van der Waals surface area (Å²) in [5.74, 6) is 0.106. The lowest BCUT2D eigenvalue weighted by Gasteiger charge is -2.15. The van der Waals surface area contributed by atoms with Crippen LogP contribution in [0.2, 0.25) is 0 Å². The number of rotatable bonds is 6. The molecule has 0 aliphatic carbocycles. The first kappa shape index (κ1) is 15.2. The van der Waals surface area contributed by atoms with Crippen LogP contribution in [-0.2, 0) is 10.0 Å². The van der Waals surface area contributed by atoms with Gasteiger partial charge in [0.2, 0.25) is 10.0 Å². The Morgan fingerprint density at radius 1 is 0.950 bits per heavy atom. The van der Waals surface area contributed by atoms with Crippen LogP contribution in [-0.4, -0.2) is 20.3 Å². The van der Waals surface area contributed by atoms with Gasteiger partial charge in [0.15, 0.2) is 0 Å². The zero-order valence-electron chi connectivity index (χ0n) is 10.9. The van der Waals surface area contributed by atoms with Gasteiger partial charge in [0.05, 0.1) is 4.90 Å². The summed E-state index contributed by atoms with van der Waals surface area (Å²) in [6.07, 6.45) is 0. The van der Waals surface area contributed by atoms with E-state index < -0.39 is 10.0 Å². The van der Waals surface area contributed by atoms with E-state index in [0.29, 0.717) is 16.8 Å². The fourth-order valence-electron chi connectivity index (χ4n) is 1.88. The van der Waals surface area contributed by atoms with Crippen molar-refractivity contribution in [2.75, 3.05) is 11.9 Å². The Balaban J connectivity index is 2.07. The predicted molar refractivity (Wildman–Crippen MR) is 84.6 cm³/mol. The first-order chi connectivity index (χ1) is 9.63. The van der Waals surface area contributed by atoms with Gasteiger partial charge in [0.1, 0.15) is 0 Å². The fraction of sp³-hybridized carbons (Fsp3) is 0.200. The van der Waals surface area contributed by atoms with Crippen LogP contribution in [0.5, 0.6) is 0 Å². The number of hydrogen-bond donors (Lipinski definition) is 1. The van der Waals surface area contributed by atoms with E-state index in [-0.39, 0.29) is 5.92 Å². The lowest BCUT2D eigenvalue weighted by Crippen LogP contribution is -2.29. The third kappa shape index (κ3) is 3.91. The van der Waals surface area contributed by atoms with E-state index >= 15 is 0 Å². The summed E-state index contributed by atoms with van der Waals surface area (Å²) in [5.41, 5.74) is 1.11. The molecule has 0 aliphatic rings. The molecule has 0 aromatic heterocycles. The highest BCUT2D eigenvalue weighted by Gasteiger charge is 2.17. The van der Waals surface area contributed by atoms with Crippen molar-refractivity contribution < 1.29 is 8.42 Å². The summed E-state index contributed by atoms with van der Waals surface area (Å²) >= 11 is 3.44. The summed E-state index contributed by atoms with van der Waals surface area (Å²) in [5, 5.41) is 0.703. The fourth-order valence-corrected chi connectivity index (χ4v) is 3.59. The van der Waals surface area contributed by atoms with Gasteiger partial charge in [-0.25, -0.2) is 13.1 Å². The van der Waals surface area contributed by atoms with Crippen LogP contribution < -0.4 is 4.72 Å². The molecule has 0 bridgehead atoms. The minimum absolute atomic E-state index is 0.106. The lowest BCUT2D eigenvalue weighted by molar-refractivity contribution is 0.576. The van der Waals surface area contributed by atoms with E-state index in [4.69, 9.17) is 0 Å². The van der Waals surface area contributed by atoms with Crippen molar-refractivity contribution in [1.82, 2.24) is 4.72 Å². The van der Waals surface area contributed by atoms with Gasteiger partial charge in [-0.3, -0.25) is 0 Å². The molecule has 5 heteroatoms. The van der Waals surface area contributed by atoms with E-state index in [1.807, 2.05) is 30.3 Å². The summed E-state index contributed by atoms with van der Waals surface area (Å²) in [4.78, 5) is 0.293. The van der Waals surface area contributed by atoms with E-state index in [9.17, 15) is 8.42 Å². The van der Waals surface area contributed by atoms with Crippen molar-refractivity contribution in [2.24, 2.45) is 0 Å². The molecule has 0 fully saturated rings. The molecule has 1 atom stereocenters. The minimum Gasteiger partial charge on any atom is -0.211 e. The lowest BCUT2D eigenvalue weighted by atomic mass is 10.0. The molecule has 2 rings (SSSR count). The average molecular weight is 354 g/mol. The molecule has 1 unspecified atom stereocenters. The number of halogens is 1. The highest BCUT2D eigenvalue weighted by molar-refractivity contribution is 9.09. The summed E-state index contributed by atoms with van der Waals surface area (Å²) in [6.45, 7) is 0.368. The Morgan fingerprint density at radius 3 is 2.05 bits per heavy atom. The van der Waals surface area contributed by atoms with E-state index in [0.717, 1.165) is 5.56 Å². The van der Waals surface area contributed by atoms with Crippen LogP contribution in [0.3, 0.4) is 0 Å². The quantitative estimate of drug-likeness (QED) is 0.810. The van der Waals surface area contributed by atoms with Crippen molar-refractivity contribution in [1.29, 1.82) is 0 Å². The van der Waals surface area contributed by atoms with Crippen LogP contribution in [0.4, 0.5) is 0 Å². The number of sulfonamides is 1. The summed E-state index contributed by atoms with van der Waals surface area (Å²) < 4.78 is 27.0. The van der Waals surface area contributed by atoms with Gasteiger partial charge < -0.3 is 0 Å². The third-order valence-electron chi connectivity index (χ3n) is 3.03.